The van der Waals surface area contributed by atoms with Crippen LogP contribution in [-0.2, 0) is 11.2 Å². The number of carboxylic acid groups (broad SMARTS) is 1. The Hall–Kier alpha value is -1.69. The lowest BCUT2D eigenvalue weighted by Gasteiger charge is -2.15. The number of aryl methyl sites for hydroxylation is 1. The van der Waals surface area contributed by atoms with E-state index in [0.29, 0.717) is 12.1 Å². The normalized spacial score (nSPS) is 11.7. The van der Waals surface area contributed by atoms with Crippen molar-refractivity contribution in [2.75, 3.05) is 16.8 Å². The Morgan fingerprint density at radius 1 is 1.33 bits per heavy atom. The average Bonchev–Trinajstić information content (AvgIpc) is 2.44. The maximum Gasteiger partial charge on any atom is 0.319 e. The van der Waals surface area contributed by atoms with Crippen LogP contribution in [0.15, 0.2) is 24.3 Å². The van der Waals surface area contributed by atoms with Crippen LogP contribution in [0.3, 0.4) is 0 Å². The molecular formula is C15H22N2O3S. The Morgan fingerprint density at radius 3 is 2.71 bits per heavy atom. The molecule has 1 aromatic carbocycles. The lowest BCUT2D eigenvalue weighted by molar-refractivity contribution is -0.136. The van der Waals surface area contributed by atoms with Crippen LogP contribution in [0.5, 0.6) is 0 Å². The molecule has 21 heavy (non-hydrogen) atoms. The van der Waals surface area contributed by atoms with Gasteiger partial charge in [0, 0.05) is 23.9 Å². The van der Waals surface area contributed by atoms with E-state index in [1.54, 1.807) is 17.8 Å². The number of rotatable bonds is 8. The highest BCUT2D eigenvalue weighted by Crippen LogP contribution is 2.16. The predicted molar refractivity (Wildman–Crippen MR) is 87.0 cm³/mol. The first-order valence-electron chi connectivity index (χ1n) is 6.98. The molecule has 3 N–H and O–H groups in total. The van der Waals surface area contributed by atoms with Crippen molar-refractivity contribution in [3.05, 3.63) is 29.8 Å². The van der Waals surface area contributed by atoms with Crippen LogP contribution < -0.4 is 10.6 Å². The van der Waals surface area contributed by atoms with E-state index < -0.39 is 5.97 Å². The Balaban J connectivity index is 2.57. The van der Waals surface area contributed by atoms with Gasteiger partial charge in [0.1, 0.15) is 0 Å². The third-order valence-corrected chi connectivity index (χ3v) is 3.97. The highest BCUT2D eigenvalue weighted by molar-refractivity contribution is 7.99. The van der Waals surface area contributed by atoms with Crippen molar-refractivity contribution in [3.8, 4) is 0 Å². The van der Waals surface area contributed by atoms with Crippen LogP contribution >= 0.6 is 11.8 Å². The van der Waals surface area contributed by atoms with Gasteiger partial charge in [-0.25, -0.2) is 4.79 Å². The number of carbonyl (C=O) groups is 2. The molecule has 0 aliphatic carbocycles. The number of para-hydroxylation sites is 1. The Kier molecular flexibility index (Phi) is 7.68. The fraction of sp³-hybridized carbons (Fsp3) is 0.467. The van der Waals surface area contributed by atoms with E-state index in [1.165, 1.54) is 0 Å². The Labute approximate surface area is 129 Å². The maximum absolute atomic E-state index is 11.9. The van der Waals surface area contributed by atoms with Crippen molar-refractivity contribution in [2.45, 2.75) is 32.7 Å². The van der Waals surface area contributed by atoms with E-state index in [1.807, 2.05) is 25.1 Å². The molecule has 0 aliphatic rings. The van der Waals surface area contributed by atoms with Crippen LogP contribution in [0.1, 0.15) is 25.8 Å². The molecule has 6 heteroatoms. The van der Waals surface area contributed by atoms with Crippen LogP contribution in [0.2, 0.25) is 0 Å². The molecule has 1 aromatic rings. The zero-order chi connectivity index (χ0) is 15.7. The molecule has 1 rings (SSSR count). The molecule has 0 fully saturated rings. The minimum atomic E-state index is -0.848. The second-order valence-electron chi connectivity index (χ2n) is 4.71. The van der Waals surface area contributed by atoms with Gasteiger partial charge in [-0.1, -0.05) is 25.1 Å². The second-order valence-corrected chi connectivity index (χ2v) is 6.03. The van der Waals surface area contributed by atoms with Gasteiger partial charge in [-0.05, 0) is 30.7 Å². The summed E-state index contributed by atoms with van der Waals surface area (Å²) >= 11 is 1.77. The third kappa shape index (κ3) is 7.04. The number of amides is 2. The van der Waals surface area contributed by atoms with E-state index in [4.69, 9.17) is 5.11 Å². The minimum absolute atomic E-state index is 0.0455. The van der Waals surface area contributed by atoms with E-state index in [-0.39, 0.29) is 18.5 Å². The van der Waals surface area contributed by atoms with Crippen molar-refractivity contribution in [1.29, 1.82) is 0 Å². The SMILES string of the molecule is CCSCC(C)NC(=O)Nc1ccccc1CCC(=O)O. The summed E-state index contributed by atoms with van der Waals surface area (Å²) in [7, 11) is 0. The molecular weight excluding hydrogens is 288 g/mol. The Bertz CT molecular complexity index is 480. The van der Waals surface area contributed by atoms with Crippen LogP contribution in [-0.4, -0.2) is 34.7 Å². The first-order valence-corrected chi connectivity index (χ1v) is 8.13. The lowest BCUT2D eigenvalue weighted by Crippen LogP contribution is -2.37. The summed E-state index contributed by atoms with van der Waals surface area (Å²) < 4.78 is 0. The van der Waals surface area contributed by atoms with Gasteiger partial charge >= 0.3 is 12.0 Å². The van der Waals surface area contributed by atoms with E-state index in [9.17, 15) is 9.59 Å². The second kappa shape index (κ2) is 9.28. The van der Waals surface area contributed by atoms with Crippen molar-refractivity contribution in [2.24, 2.45) is 0 Å². The van der Waals surface area contributed by atoms with Crippen LogP contribution in [0.4, 0.5) is 10.5 Å². The molecule has 0 saturated carbocycles. The standard InChI is InChI=1S/C15H22N2O3S/c1-3-21-10-11(2)16-15(20)17-13-7-5-4-6-12(13)8-9-14(18)19/h4-7,11H,3,8-10H2,1-2H3,(H,18,19)(H2,16,17,20). The molecule has 0 radical (unpaired) electrons. The number of thioether (sulfide) groups is 1. The van der Waals surface area contributed by atoms with Gasteiger partial charge in [0.2, 0.25) is 0 Å². The maximum atomic E-state index is 11.9. The number of carbonyl (C=O) groups excluding carboxylic acids is 1. The van der Waals surface area contributed by atoms with E-state index >= 15 is 0 Å². The molecule has 0 aliphatic heterocycles. The van der Waals surface area contributed by atoms with Gasteiger partial charge in [0.05, 0.1) is 0 Å². The molecule has 116 valence electrons. The number of hydrogen-bond donors (Lipinski definition) is 3. The number of anilines is 1. The Morgan fingerprint density at radius 2 is 2.05 bits per heavy atom. The zero-order valence-electron chi connectivity index (χ0n) is 12.4. The van der Waals surface area contributed by atoms with Gasteiger partial charge in [-0.3, -0.25) is 4.79 Å². The highest BCUT2D eigenvalue weighted by Gasteiger charge is 2.10. The van der Waals surface area contributed by atoms with E-state index in [0.717, 1.165) is 17.1 Å². The summed E-state index contributed by atoms with van der Waals surface area (Å²) in [5.74, 6) is 1.04. The van der Waals surface area contributed by atoms with Crippen molar-refractivity contribution in [1.82, 2.24) is 5.32 Å². The monoisotopic (exact) mass is 310 g/mol. The summed E-state index contributed by atoms with van der Waals surface area (Å²) in [5.41, 5.74) is 1.48. The third-order valence-electron chi connectivity index (χ3n) is 2.82. The number of aliphatic carboxylic acids is 1. The van der Waals surface area contributed by atoms with Crippen LogP contribution in [0.25, 0.3) is 0 Å². The molecule has 1 unspecified atom stereocenters. The summed E-state index contributed by atoms with van der Waals surface area (Å²) in [6, 6.07) is 7.08. The van der Waals surface area contributed by atoms with Gasteiger partial charge in [0.15, 0.2) is 0 Å². The fourth-order valence-electron chi connectivity index (χ4n) is 1.82. The van der Waals surface area contributed by atoms with Gasteiger partial charge in [0.25, 0.3) is 0 Å². The average molecular weight is 310 g/mol. The molecule has 0 heterocycles. The van der Waals surface area contributed by atoms with E-state index in [2.05, 4.69) is 17.6 Å². The number of hydrogen-bond acceptors (Lipinski definition) is 3. The molecule has 0 spiro atoms. The van der Waals surface area contributed by atoms with Crippen molar-refractivity contribution in [3.63, 3.8) is 0 Å². The molecule has 0 aromatic heterocycles. The smallest absolute Gasteiger partial charge is 0.319 e. The molecule has 5 nitrogen and oxygen atoms in total. The number of benzene rings is 1. The number of carboxylic acids is 1. The first-order chi connectivity index (χ1) is 10.0. The topological polar surface area (TPSA) is 78.4 Å². The molecule has 2 amide bonds. The molecule has 1 atom stereocenters. The quantitative estimate of drug-likeness (QED) is 0.690. The van der Waals surface area contributed by atoms with Gasteiger partial charge in [-0.2, -0.15) is 11.8 Å². The number of urea groups is 1. The lowest BCUT2D eigenvalue weighted by atomic mass is 10.1. The van der Waals surface area contributed by atoms with Gasteiger partial charge < -0.3 is 15.7 Å². The largest absolute Gasteiger partial charge is 0.481 e. The summed E-state index contributed by atoms with van der Waals surface area (Å²) in [5, 5.41) is 14.4. The summed E-state index contributed by atoms with van der Waals surface area (Å²) in [6.07, 6.45) is 0.441. The zero-order valence-corrected chi connectivity index (χ0v) is 13.2. The van der Waals surface area contributed by atoms with Crippen molar-refractivity contribution >= 4 is 29.4 Å². The number of nitrogens with one attached hydrogen (secondary N) is 2. The first kappa shape index (κ1) is 17.4. The molecule has 0 saturated heterocycles. The van der Waals surface area contributed by atoms with Crippen molar-refractivity contribution < 1.29 is 14.7 Å². The summed E-state index contributed by atoms with van der Waals surface area (Å²) in [4.78, 5) is 22.6. The van der Waals surface area contributed by atoms with Gasteiger partial charge in [-0.15, -0.1) is 0 Å². The predicted octanol–water partition coefficient (Wildman–Crippen LogP) is 2.97. The molecule has 0 bridgehead atoms. The summed E-state index contributed by atoms with van der Waals surface area (Å²) in [6.45, 7) is 4.04. The van der Waals surface area contributed by atoms with Crippen LogP contribution in [0, 0.1) is 0 Å². The fourth-order valence-corrected chi connectivity index (χ4v) is 2.49. The minimum Gasteiger partial charge on any atom is -0.481 e. The highest BCUT2D eigenvalue weighted by atomic mass is 32.2.